The molecule has 1 aromatic heterocycles. The Hall–Kier alpha value is -1.99. The summed E-state index contributed by atoms with van der Waals surface area (Å²) in [6.45, 7) is 1.99. The van der Waals surface area contributed by atoms with Gasteiger partial charge in [-0.3, -0.25) is 9.69 Å². The van der Waals surface area contributed by atoms with Crippen molar-refractivity contribution in [3.8, 4) is 0 Å². The van der Waals surface area contributed by atoms with Gasteiger partial charge in [0.15, 0.2) is 4.34 Å². The number of carboxylic acids is 1. The number of amides is 3. The number of hydrogen-bond acceptors (Lipinski definition) is 8. The number of halogens is 2. The smallest absolute Gasteiger partial charge is 0.352 e. The molecule has 1 saturated heterocycles. The Morgan fingerprint density at radius 3 is 2.79 bits per heavy atom. The molecule has 4 rings (SSSR count). The fourth-order valence-corrected chi connectivity index (χ4v) is 7.09. The van der Waals surface area contributed by atoms with Crippen molar-refractivity contribution in [2.75, 3.05) is 11.5 Å². The predicted molar refractivity (Wildman–Crippen MR) is 129 cm³/mol. The minimum absolute atomic E-state index is 0.0242. The summed E-state index contributed by atoms with van der Waals surface area (Å²) in [7, 11) is 0. The van der Waals surface area contributed by atoms with Crippen molar-refractivity contribution < 1.29 is 19.5 Å². The number of urea groups is 1. The fraction of sp³-hybridized carbons (Fsp3) is 0.316. The van der Waals surface area contributed by atoms with Gasteiger partial charge in [-0.2, -0.15) is 0 Å². The molecule has 33 heavy (non-hydrogen) atoms. The summed E-state index contributed by atoms with van der Waals surface area (Å²) in [6.07, 6.45) is 0. The molecular weight excluding hydrogens is 529 g/mol. The molecule has 0 saturated carbocycles. The van der Waals surface area contributed by atoms with Crippen LogP contribution in [0.2, 0.25) is 10.0 Å². The second kappa shape index (κ2) is 10.1. The van der Waals surface area contributed by atoms with Gasteiger partial charge in [0.25, 0.3) is 5.91 Å². The standard InChI is InChI=1S/C19H17Cl2N5O4S3/c1-8-24-25-19(33-8)32-7-10-6-31-16-13(15(27)26(16)14(10)17(28)29)23-18(30)22-5-9-2-3-11(20)4-12(9)21/h2-4,13,16H,5-7H2,1H3,(H,28,29)(H2,22,23,30)/t13?,16-/m1/s1. The average molecular weight is 546 g/mol. The van der Waals surface area contributed by atoms with Crippen molar-refractivity contribution in [1.82, 2.24) is 25.7 Å². The molecule has 174 valence electrons. The van der Waals surface area contributed by atoms with E-state index in [4.69, 9.17) is 23.2 Å². The number of carbonyl (C=O) groups is 3. The number of carboxylic acid groups (broad SMARTS) is 1. The highest BCUT2D eigenvalue weighted by molar-refractivity contribution is 8.01. The molecule has 2 atom stereocenters. The molecule has 2 aromatic rings. The first-order valence-corrected chi connectivity index (χ1v) is 13.2. The van der Waals surface area contributed by atoms with Gasteiger partial charge in [0.05, 0.1) is 0 Å². The number of aliphatic carboxylic acids is 1. The third kappa shape index (κ3) is 5.24. The van der Waals surface area contributed by atoms with Crippen LogP contribution in [0.5, 0.6) is 0 Å². The van der Waals surface area contributed by atoms with E-state index >= 15 is 0 Å². The maximum absolute atomic E-state index is 12.7. The van der Waals surface area contributed by atoms with Crippen molar-refractivity contribution in [3.63, 3.8) is 0 Å². The molecule has 14 heteroatoms. The van der Waals surface area contributed by atoms with E-state index in [1.165, 1.54) is 39.8 Å². The molecule has 0 spiro atoms. The van der Waals surface area contributed by atoms with Crippen LogP contribution >= 0.6 is 58.1 Å². The summed E-state index contributed by atoms with van der Waals surface area (Å²) in [6, 6.07) is 3.57. The number of nitrogens with one attached hydrogen (secondary N) is 2. The number of carbonyl (C=O) groups excluding carboxylic acids is 2. The van der Waals surface area contributed by atoms with Gasteiger partial charge >= 0.3 is 12.0 Å². The van der Waals surface area contributed by atoms with Crippen LogP contribution in [-0.2, 0) is 16.1 Å². The molecule has 9 nitrogen and oxygen atoms in total. The molecule has 1 unspecified atom stereocenters. The SMILES string of the molecule is Cc1nnc(SCC2=C(C(=O)O)N3C(=O)C(NC(=O)NCc4ccc(Cl)cc4Cl)[C@H]3SC2)s1. The number of rotatable bonds is 7. The largest absolute Gasteiger partial charge is 0.477 e. The molecule has 0 aliphatic carbocycles. The number of nitrogens with zero attached hydrogens (tertiary/aromatic N) is 3. The van der Waals surface area contributed by atoms with Crippen molar-refractivity contribution >= 4 is 76.0 Å². The number of hydrogen-bond donors (Lipinski definition) is 3. The first-order valence-electron chi connectivity index (χ1n) is 9.55. The van der Waals surface area contributed by atoms with Crippen LogP contribution in [0, 0.1) is 6.92 Å². The number of β-lactam (4-membered cyclic amide) rings is 1. The fourth-order valence-electron chi connectivity index (χ4n) is 3.31. The molecular formula is C19H17Cl2N5O4S3. The van der Waals surface area contributed by atoms with E-state index in [1.807, 2.05) is 6.92 Å². The average Bonchev–Trinajstić information content (AvgIpc) is 3.19. The van der Waals surface area contributed by atoms with Crippen LogP contribution < -0.4 is 10.6 Å². The molecule has 3 heterocycles. The monoisotopic (exact) mass is 545 g/mol. The number of aryl methyl sites for hydroxylation is 1. The van der Waals surface area contributed by atoms with Gasteiger partial charge < -0.3 is 15.7 Å². The topological polar surface area (TPSA) is 125 Å². The van der Waals surface area contributed by atoms with Gasteiger partial charge in [-0.25, -0.2) is 9.59 Å². The van der Waals surface area contributed by atoms with E-state index in [1.54, 1.807) is 18.2 Å². The normalized spacial score (nSPS) is 19.7. The Morgan fingerprint density at radius 1 is 1.33 bits per heavy atom. The Bertz CT molecular complexity index is 1160. The molecule has 2 aliphatic rings. The van der Waals surface area contributed by atoms with Crippen molar-refractivity contribution in [1.29, 1.82) is 0 Å². The Balaban J connectivity index is 1.38. The minimum atomic E-state index is -1.17. The molecule has 0 radical (unpaired) electrons. The summed E-state index contributed by atoms with van der Waals surface area (Å²) >= 11 is 16.2. The Morgan fingerprint density at radius 2 is 2.12 bits per heavy atom. The van der Waals surface area contributed by atoms with Gasteiger partial charge in [-0.05, 0) is 30.2 Å². The second-order valence-corrected chi connectivity index (χ2v) is 11.4. The zero-order chi connectivity index (χ0) is 23.7. The van der Waals surface area contributed by atoms with E-state index in [9.17, 15) is 19.5 Å². The van der Waals surface area contributed by atoms with E-state index in [2.05, 4.69) is 20.8 Å². The van der Waals surface area contributed by atoms with Crippen molar-refractivity contribution in [3.05, 3.63) is 50.1 Å². The number of fused-ring (bicyclic) bond motifs is 1. The predicted octanol–water partition coefficient (Wildman–Crippen LogP) is 3.37. The summed E-state index contributed by atoms with van der Waals surface area (Å²) in [5, 5.41) is 24.3. The summed E-state index contributed by atoms with van der Waals surface area (Å²) in [5.74, 6) is -0.808. The highest BCUT2D eigenvalue weighted by Crippen LogP contribution is 2.41. The van der Waals surface area contributed by atoms with Crippen molar-refractivity contribution in [2.45, 2.75) is 29.2 Å². The second-order valence-electron chi connectivity index (χ2n) is 7.08. The maximum atomic E-state index is 12.7. The molecule has 0 bridgehead atoms. The lowest BCUT2D eigenvalue weighted by atomic mass is 10.0. The van der Waals surface area contributed by atoms with Gasteiger partial charge in [-0.15, -0.1) is 22.0 Å². The van der Waals surface area contributed by atoms with Gasteiger partial charge in [0.2, 0.25) is 0 Å². The zero-order valence-electron chi connectivity index (χ0n) is 17.0. The van der Waals surface area contributed by atoms with Gasteiger partial charge in [-0.1, -0.05) is 52.4 Å². The third-order valence-electron chi connectivity index (χ3n) is 4.87. The van der Waals surface area contributed by atoms with E-state index in [0.717, 1.165) is 9.35 Å². The summed E-state index contributed by atoms with van der Waals surface area (Å²) in [4.78, 5) is 38.3. The third-order valence-corrected chi connectivity index (χ3v) is 8.85. The molecule has 1 aromatic carbocycles. The molecule has 2 aliphatic heterocycles. The van der Waals surface area contributed by atoms with Gasteiger partial charge in [0.1, 0.15) is 22.1 Å². The number of aromatic nitrogens is 2. The van der Waals surface area contributed by atoms with Gasteiger partial charge in [0, 0.05) is 28.1 Å². The first-order chi connectivity index (χ1) is 15.7. The number of thioether (sulfide) groups is 2. The van der Waals surface area contributed by atoms with Crippen LogP contribution in [0.1, 0.15) is 10.6 Å². The maximum Gasteiger partial charge on any atom is 0.352 e. The summed E-state index contributed by atoms with van der Waals surface area (Å²) < 4.78 is 0.740. The highest BCUT2D eigenvalue weighted by Gasteiger charge is 2.54. The lowest BCUT2D eigenvalue weighted by Crippen LogP contribution is -2.71. The molecule has 3 N–H and O–H groups in total. The van der Waals surface area contributed by atoms with Crippen LogP contribution in [0.25, 0.3) is 0 Å². The van der Waals surface area contributed by atoms with Crippen LogP contribution in [-0.4, -0.2) is 61.0 Å². The minimum Gasteiger partial charge on any atom is -0.477 e. The lowest BCUT2D eigenvalue weighted by molar-refractivity contribution is -0.148. The molecule has 1 fully saturated rings. The van der Waals surface area contributed by atoms with Crippen molar-refractivity contribution in [2.24, 2.45) is 0 Å². The van der Waals surface area contributed by atoms with Crippen LogP contribution in [0.3, 0.4) is 0 Å². The Labute approximate surface area is 211 Å². The summed E-state index contributed by atoms with van der Waals surface area (Å²) in [5.41, 5.74) is 1.29. The zero-order valence-corrected chi connectivity index (χ0v) is 21.0. The van der Waals surface area contributed by atoms with E-state index in [-0.39, 0.29) is 12.2 Å². The Kier molecular flexibility index (Phi) is 7.39. The first kappa shape index (κ1) is 24.1. The number of benzene rings is 1. The highest BCUT2D eigenvalue weighted by atomic mass is 35.5. The molecule has 3 amide bonds. The lowest BCUT2D eigenvalue weighted by Gasteiger charge is -2.49. The van der Waals surface area contributed by atoms with E-state index < -0.39 is 29.3 Å². The quantitative estimate of drug-likeness (QED) is 0.357. The van der Waals surface area contributed by atoms with Crippen LogP contribution in [0.4, 0.5) is 4.79 Å². The van der Waals surface area contributed by atoms with E-state index in [0.29, 0.717) is 32.7 Å². The van der Waals surface area contributed by atoms with Crippen LogP contribution in [0.15, 0.2) is 33.8 Å².